The van der Waals surface area contributed by atoms with Gasteiger partial charge in [0.15, 0.2) is 0 Å². The van der Waals surface area contributed by atoms with Crippen molar-refractivity contribution in [3.05, 3.63) is 42.0 Å². The minimum absolute atomic E-state index is 0.0730. The molecule has 0 aromatic heterocycles. The van der Waals surface area contributed by atoms with Crippen molar-refractivity contribution in [1.29, 1.82) is 0 Å². The summed E-state index contributed by atoms with van der Waals surface area (Å²) in [5, 5.41) is 5.11. The third-order valence-electron chi connectivity index (χ3n) is 2.51. The van der Waals surface area contributed by atoms with Crippen molar-refractivity contribution in [3.8, 4) is 0 Å². The van der Waals surface area contributed by atoms with Gasteiger partial charge in [-0.15, -0.1) is 0 Å². The third-order valence-corrected chi connectivity index (χ3v) is 3.98. The SMILES string of the molecule is CCNS(=O)(=O)CCNC(=O)NCC=Cc1ccccc1. The Hall–Kier alpha value is -1.86. The molecule has 0 saturated carbocycles. The van der Waals surface area contributed by atoms with E-state index in [1.807, 2.05) is 42.5 Å². The fourth-order valence-corrected chi connectivity index (χ4v) is 2.52. The maximum absolute atomic E-state index is 11.4. The lowest BCUT2D eigenvalue weighted by Crippen LogP contribution is -2.39. The number of carbonyl (C=O) groups excluding carboxylic acids is 1. The zero-order valence-corrected chi connectivity index (χ0v) is 12.8. The second kappa shape index (κ2) is 9.15. The largest absolute Gasteiger partial charge is 0.337 e. The van der Waals surface area contributed by atoms with Crippen molar-refractivity contribution < 1.29 is 13.2 Å². The Morgan fingerprint density at radius 1 is 1.19 bits per heavy atom. The topological polar surface area (TPSA) is 87.3 Å². The van der Waals surface area contributed by atoms with E-state index in [2.05, 4.69) is 15.4 Å². The number of nitrogens with one attached hydrogen (secondary N) is 3. The van der Waals surface area contributed by atoms with Gasteiger partial charge in [0.05, 0.1) is 5.75 Å². The van der Waals surface area contributed by atoms with Crippen LogP contribution in [-0.4, -0.2) is 39.8 Å². The highest BCUT2D eigenvalue weighted by molar-refractivity contribution is 7.89. The zero-order chi connectivity index (χ0) is 15.6. The fourth-order valence-electron chi connectivity index (χ4n) is 1.56. The molecule has 21 heavy (non-hydrogen) atoms. The van der Waals surface area contributed by atoms with Gasteiger partial charge in [0.1, 0.15) is 0 Å². The molecule has 0 spiro atoms. The minimum Gasteiger partial charge on any atom is -0.337 e. The van der Waals surface area contributed by atoms with Gasteiger partial charge in [-0.25, -0.2) is 17.9 Å². The molecule has 0 bridgehead atoms. The van der Waals surface area contributed by atoms with Crippen LogP contribution in [0, 0.1) is 0 Å². The number of hydrogen-bond donors (Lipinski definition) is 3. The Kier molecular flexibility index (Phi) is 7.49. The molecule has 0 heterocycles. The summed E-state index contributed by atoms with van der Waals surface area (Å²) in [4.78, 5) is 11.4. The van der Waals surface area contributed by atoms with Crippen molar-refractivity contribution in [3.63, 3.8) is 0 Å². The van der Waals surface area contributed by atoms with E-state index in [1.54, 1.807) is 6.92 Å². The average molecular weight is 311 g/mol. The molecule has 0 atom stereocenters. The number of benzene rings is 1. The summed E-state index contributed by atoms with van der Waals surface area (Å²) in [5.41, 5.74) is 1.05. The highest BCUT2D eigenvalue weighted by atomic mass is 32.2. The summed E-state index contributed by atoms with van der Waals surface area (Å²) >= 11 is 0. The zero-order valence-electron chi connectivity index (χ0n) is 12.0. The van der Waals surface area contributed by atoms with Gasteiger partial charge in [-0.1, -0.05) is 49.4 Å². The van der Waals surface area contributed by atoms with Gasteiger partial charge in [-0.3, -0.25) is 0 Å². The molecule has 2 amide bonds. The molecular weight excluding hydrogens is 290 g/mol. The maximum atomic E-state index is 11.4. The monoisotopic (exact) mass is 311 g/mol. The van der Waals surface area contributed by atoms with E-state index in [0.29, 0.717) is 13.1 Å². The number of sulfonamides is 1. The molecule has 0 saturated heterocycles. The van der Waals surface area contributed by atoms with Crippen LogP contribution < -0.4 is 15.4 Å². The van der Waals surface area contributed by atoms with Crippen LogP contribution in [0.15, 0.2) is 36.4 Å². The highest BCUT2D eigenvalue weighted by Gasteiger charge is 2.08. The number of hydrogen-bond acceptors (Lipinski definition) is 3. The van der Waals surface area contributed by atoms with Crippen LogP contribution in [0.3, 0.4) is 0 Å². The first-order valence-electron chi connectivity index (χ1n) is 6.74. The molecule has 3 N–H and O–H groups in total. The van der Waals surface area contributed by atoms with Gasteiger partial charge in [-0.05, 0) is 5.56 Å². The molecule has 0 fully saturated rings. The lowest BCUT2D eigenvalue weighted by atomic mass is 10.2. The van der Waals surface area contributed by atoms with Gasteiger partial charge in [0.25, 0.3) is 0 Å². The Labute approximate surface area is 125 Å². The molecule has 0 unspecified atom stereocenters. The summed E-state index contributed by atoms with van der Waals surface area (Å²) in [5.74, 6) is -0.131. The van der Waals surface area contributed by atoms with Crippen molar-refractivity contribution in [1.82, 2.24) is 15.4 Å². The first kappa shape index (κ1) is 17.2. The van der Waals surface area contributed by atoms with E-state index in [0.717, 1.165) is 5.56 Å². The molecule has 7 heteroatoms. The van der Waals surface area contributed by atoms with Crippen molar-refractivity contribution in [2.75, 3.05) is 25.4 Å². The maximum Gasteiger partial charge on any atom is 0.315 e. The van der Waals surface area contributed by atoms with Crippen molar-refractivity contribution in [2.45, 2.75) is 6.92 Å². The van der Waals surface area contributed by atoms with E-state index in [4.69, 9.17) is 0 Å². The quantitative estimate of drug-likeness (QED) is 0.667. The Bertz CT molecular complexity index is 556. The van der Waals surface area contributed by atoms with Crippen LogP contribution in [0.2, 0.25) is 0 Å². The van der Waals surface area contributed by atoms with Crippen LogP contribution in [0.5, 0.6) is 0 Å². The molecule has 1 aromatic carbocycles. The summed E-state index contributed by atoms with van der Waals surface area (Å²) in [6.07, 6.45) is 3.72. The molecule has 0 aliphatic carbocycles. The molecule has 0 aliphatic rings. The standard InChI is InChI=1S/C14H21N3O3S/c1-2-17-21(19,20)12-11-16-14(18)15-10-6-9-13-7-4-3-5-8-13/h3-9,17H,2,10-12H2,1H3,(H2,15,16,18). The van der Waals surface area contributed by atoms with E-state index < -0.39 is 10.0 Å². The number of carbonyl (C=O) groups is 1. The van der Waals surface area contributed by atoms with E-state index in [1.165, 1.54) is 0 Å². The van der Waals surface area contributed by atoms with Crippen LogP contribution in [0.25, 0.3) is 6.08 Å². The van der Waals surface area contributed by atoms with Gasteiger partial charge in [0.2, 0.25) is 10.0 Å². The smallest absolute Gasteiger partial charge is 0.315 e. The Balaban J connectivity index is 2.19. The van der Waals surface area contributed by atoms with Gasteiger partial charge in [0, 0.05) is 19.6 Å². The number of rotatable bonds is 8. The first-order chi connectivity index (χ1) is 10.0. The van der Waals surface area contributed by atoms with E-state index in [9.17, 15) is 13.2 Å². The number of urea groups is 1. The summed E-state index contributed by atoms with van der Waals surface area (Å²) < 4.78 is 25.0. The third kappa shape index (κ3) is 8.11. The highest BCUT2D eigenvalue weighted by Crippen LogP contribution is 1.99. The van der Waals surface area contributed by atoms with Crippen LogP contribution in [0.4, 0.5) is 4.79 Å². The van der Waals surface area contributed by atoms with Crippen LogP contribution >= 0.6 is 0 Å². The molecule has 1 aromatic rings. The van der Waals surface area contributed by atoms with E-state index >= 15 is 0 Å². The Morgan fingerprint density at radius 3 is 2.57 bits per heavy atom. The fraction of sp³-hybridized carbons (Fsp3) is 0.357. The molecule has 0 aliphatic heterocycles. The molecule has 116 valence electrons. The van der Waals surface area contributed by atoms with Crippen molar-refractivity contribution >= 4 is 22.1 Å². The molecule has 6 nitrogen and oxygen atoms in total. The van der Waals surface area contributed by atoms with Crippen molar-refractivity contribution in [2.24, 2.45) is 0 Å². The normalized spacial score (nSPS) is 11.5. The van der Waals surface area contributed by atoms with Crippen LogP contribution in [-0.2, 0) is 10.0 Å². The minimum atomic E-state index is -3.29. The predicted molar refractivity (Wildman–Crippen MR) is 84.3 cm³/mol. The first-order valence-corrected chi connectivity index (χ1v) is 8.39. The predicted octanol–water partition coefficient (Wildman–Crippen LogP) is 0.938. The van der Waals surface area contributed by atoms with E-state index in [-0.39, 0.29) is 18.3 Å². The molecule has 1 rings (SSSR count). The molecule has 0 radical (unpaired) electrons. The lowest BCUT2D eigenvalue weighted by Gasteiger charge is -2.07. The number of amides is 2. The van der Waals surface area contributed by atoms with Gasteiger partial charge in [-0.2, -0.15) is 0 Å². The second-order valence-electron chi connectivity index (χ2n) is 4.27. The summed E-state index contributed by atoms with van der Waals surface area (Å²) in [7, 11) is -3.29. The van der Waals surface area contributed by atoms with Gasteiger partial charge >= 0.3 is 6.03 Å². The summed E-state index contributed by atoms with van der Waals surface area (Å²) in [6.45, 7) is 2.50. The average Bonchev–Trinajstić information content (AvgIpc) is 2.44. The van der Waals surface area contributed by atoms with Crippen LogP contribution in [0.1, 0.15) is 12.5 Å². The Morgan fingerprint density at radius 2 is 1.90 bits per heavy atom. The summed E-state index contributed by atoms with van der Waals surface area (Å²) in [6, 6.07) is 9.34. The second-order valence-corrected chi connectivity index (χ2v) is 6.19. The molecular formula is C14H21N3O3S. The lowest BCUT2D eigenvalue weighted by molar-refractivity contribution is 0.242. The van der Waals surface area contributed by atoms with Gasteiger partial charge < -0.3 is 10.6 Å².